The van der Waals surface area contributed by atoms with Crippen molar-refractivity contribution in [3.05, 3.63) is 0 Å². The fourth-order valence-electron chi connectivity index (χ4n) is 1.70. The van der Waals surface area contributed by atoms with E-state index in [2.05, 4.69) is 4.74 Å². The molecule has 6 N–H and O–H groups in total. The summed E-state index contributed by atoms with van der Waals surface area (Å²) in [6.45, 7) is -0.358. The zero-order valence-electron chi connectivity index (χ0n) is 9.79. The van der Waals surface area contributed by atoms with E-state index in [0.717, 1.165) is 0 Å². The fourth-order valence-corrected chi connectivity index (χ4v) is 1.70. The van der Waals surface area contributed by atoms with E-state index in [-0.39, 0.29) is 26.2 Å². The lowest BCUT2D eigenvalue weighted by molar-refractivity contribution is -0.107. The minimum Gasteiger partial charge on any atom is -0.394 e. The van der Waals surface area contributed by atoms with Gasteiger partial charge in [0, 0.05) is 6.42 Å². The average molecular weight is 268 g/mol. The van der Waals surface area contributed by atoms with Gasteiger partial charge in [-0.2, -0.15) is 0 Å². The Bertz CT molecular complexity index is 236. The van der Waals surface area contributed by atoms with Crippen molar-refractivity contribution >= 4 is 0 Å². The molecule has 0 amide bonds. The number of aliphatic hydroxyl groups excluding tert-OH is 6. The van der Waals surface area contributed by atoms with Crippen molar-refractivity contribution in [1.29, 1.82) is 0 Å². The summed E-state index contributed by atoms with van der Waals surface area (Å²) in [7, 11) is 0. The summed E-state index contributed by atoms with van der Waals surface area (Å²) in [6, 6.07) is 0. The normalized spacial score (nSPS) is 43.7. The maximum Gasteiger partial charge on any atom is 0.157 e. The molecule has 0 spiro atoms. The van der Waals surface area contributed by atoms with Crippen LogP contribution in [0.5, 0.6) is 0 Å². The first kappa shape index (κ1) is 15.7. The molecule has 18 heavy (non-hydrogen) atoms. The molecule has 6 atom stereocenters. The van der Waals surface area contributed by atoms with E-state index in [9.17, 15) is 0 Å². The molecular formula is C10H20O8. The van der Waals surface area contributed by atoms with Crippen molar-refractivity contribution < 1.29 is 40.1 Å². The highest BCUT2D eigenvalue weighted by atomic mass is 16.6. The van der Waals surface area contributed by atoms with Crippen LogP contribution in [0.1, 0.15) is 6.42 Å². The number of rotatable bonds is 2. The van der Waals surface area contributed by atoms with Crippen LogP contribution in [0.4, 0.5) is 0 Å². The SMILES string of the molecule is OCC1OC(O)CC1O.OCC1OCC(O)C1O. The third kappa shape index (κ3) is 4.11. The maximum atomic E-state index is 8.92. The number of hydrogen-bond donors (Lipinski definition) is 6. The van der Waals surface area contributed by atoms with Crippen LogP contribution >= 0.6 is 0 Å². The second-order valence-electron chi connectivity index (χ2n) is 4.23. The van der Waals surface area contributed by atoms with E-state index in [0.29, 0.717) is 0 Å². The van der Waals surface area contributed by atoms with E-state index in [1.54, 1.807) is 0 Å². The van der Waals surface area contributed by atoms with Crippen molar-refractivity contribution in [2.45, 2.75) is 43.2 Å². The van der Waals surface area contributed by atoms with E-state index in [4.69, 9.17) is 35.4 Å². The molecule has 0 radical (unpaired) electrons. The van der Waals surface area contributed by atoms with Gasteiger partial charge in [-0.25, -0.2) is 0 Å². The largest absolute Gasteiger partial charge is 0.394 e. The summed E-state index contributed by atoms with van der Waals surface area (Å²) in [5.74, 6) is 0. The Hall–Kier alpha value is -0.320. The molecule has 108 valence electrons. The van der Waals surface area contributed by atoms with Crippen LogP contribution < -0.4 is 0 Å². The first-order valence-electron chi connectivity index (χ1n) is 5.70. The van der Waals surface area contributed by atoms with Crippen LogP contribution in [-0.2, 0) is 9.47 Å². The average Bonchev–Trinajstić information content (AvgIpc) is 2.84. The summed E-state index contributed by atoms with van der Waals surface area (Å²) in [6.07, 6.45) is -4.37. The van der Waals surface area contributed by atoms with Gasteiger partial charge in [-0.15, -0.1) is 0 Å². The molecule has 8 nitrogen and oxygen atoms in total. The smallest absolute Gasteiger partial charge is 0.157 e. The Kier molecular flexibility index (Phi) is 6.39. The van der Waals surface area contributed by atoms with E-state index >= 15 is 0 Å². The Labute approximate surface area is 104 Å². The van der Waals surface area contributed by atoms with E-state index in [1.165, 1.54) is 0 Å². The first-order chi connectivity index (χ1) is 8.49. The van der Waals surface area contributed by atoms with Gasteiger partial charge in [0.1, 0.15) is 24.4 Å². The second kappa shape index (κ2) is 7.31. The molecule has 0 bridgehead atoms. The minimum absolute atomic E-state index is 0.117. The molecule has 2 aliphatic heterocycles. The highest BCUT2D eigenvalue weighted by molar-refractivity contribution is 4.82. The zero-order valence-corrected chi connectivity index (χ0v) is 9.79. The zero-order chi connectivity index (χ0) is 13.7. The molecule has 2 saturated heterocycles. The Morgan fingerprint density at radius 3 is 1.72 bits per heavy atom. The van der Waals surface area contributed by atoms with Gasteiger partial charge in [0.25, 0.3) is 0 Å². The predicted molar refractivity (Wildman–Crippen MR) is 57.4 cm³/mol. The van der Waals surface area contributed by atoms with Gasteiger partial charge in [-0.05, 0) is 0 Å². The first-order valence-corrected chi connectivity index (χ1v) is 5.70. The Balaban J connectivity index is 0.000000180. The van der Waals surface area contributed by atoms with E-state index in [1.807, 2.05) is 0 Å². The Morgan fingerprint density at radius 1 is 0.889 bits per heavy atom. The lowest BCUT2D eigenvalue weighted by atomic mass is 10.2. The van der Waals surface area contributed by atoms with Gasteiger partial charge < -0.3 is 40.1 Å². The van der Waals surface area contributed by atoms with Crippen molar-refractivity contribution in [2.75, 3.05) is 19.8 Å². The quantitative estimate of drug-likeness (QED) is 0.304. The Morgan fingerprint density at radius 2 is 1.50 bits per heavy atom. The van der Waals surface area contributed by atoms with Crippen LogP contribution in [0.15, 0.2) is 0 Å². The van der Waals surface area contributed by atoms with Gasteiger partial charge in [0.2, 0.25) is 0 Å². The third-order valence-electron chi connectivity index (χ3n) is 2.82. The summed E-state index contributed by atoms with van der Waals surface area (Å²) < 4.78 is 9.45. The lowest BCUT2D eigenvalue weighted by Crippen LogP contribution is -2.31. The molecule has 0 aromatic heterocycles. The molecule has 2 rings (SSSR count). The molecule has 0 aromatic carbocycles. The van der Waals surface area contributed by atoms with Crippen molar-refractivity contribution in [2.24, 2.45) is 0 Å². The summed E-state index contributed by atoms with van der Waals surface area (Å²) in [5, 5.41) is 52.3. The van der Waals surface area contributed by atoms with Gasteiger partial charge >= 0.3 is 0 Å². The fraction of sp³-hybridized carbons (Fsp3) is 1.00. The second-order valence-corrected chi connectivity index (χ2v) is 4.23. The molecular weight excluding hydrogens is 248 g/mol. The van der Waals surface area contributed by atoms with Gasteiger partial charge in [0.05, 0.1) is 25.9 Å². The van der Waals surface area contributed by atoms with Crippen molar-refractivity contribution in [1.82, 2.24) is 0 Å². The minimum atomic E-state index is -0.921. The van der Waals surface area contributed by atoms with Crippen LogP contribution in [-0.4, -0.2) is 87.3 Å². The van der Waals surface area contributed by atoms with Crippen LogP contribution in [0, 0.1) is 0 Å². The highest BCUT2D eigenvalue weighted by Crippen LogP contribution is 2.17. The molecule has 0 saturated carbocycles. The standard InChI is InChI=1S/2C5H10O4/c6-1-4-5(8)3(7)2-9-4;6-2-4-3(7)1-5(8)9-4/h2*3-8H,1-2H2. The van der Waals surface area contributed by atoms with Crippen LogP contribution in [0.25, 0.3) is 0 Å². The molecule has 2 aliphatic rings. The summed E-state index contributed by atoms with van der Waals surface area (Å²) in [5.41, 5.74) is 0. The van der Waals surface area contributed by atoms with Gasteiger partial charge in [-0.1, -0.05) is 0 Å². The number of hydrogen-bond acceptors (Lipinski definition) is 8. The lowest BCUT2D eigenvalue weighted by Gasteiger charge is -2.10. The van der Waals surface area contributed by atoms with Gasteiger partial charge in [-0.3, -0.25) is 0 Å². The number of aliphatic hydroxyl groups is 6. The molecule has 2 fully saturated rings. The van der Waals surface area contributed by atoms with Crippen LogP contribution in [0.2, 0.25) is 0 Å². The predicted octanol–water partition coefficient (Wildman–Crippen LogP) is -3.45. The summed E-state index contributed by atoms with van der Waals surface area (Å²) >= 11 is 0. The highest BCUT2D eigenvalue weighted by Gasteiger charge is 2.33. The van der Waals surface area contributed by atoms with Gasteiger partial charge in [0.15, 0.2) is 6.29 Å². The topological polar surface area (TPSA) is 140 Å². The van der Waals surface area contributed by atoms with Crippen molar-refractivity contribution in [3.63, 3.8) is 0 Å². The van der Waals surface area contributed by atoms with Crippen LogP contribution in [0.3, 0.4) is 0 Å². The maximum absolute atomic E-state index is 8.92. The van der Waals surface area contributed by atoms with Crippen molar-refractivity contribution in [3.8, 4) is 0 Å². The van der Waals surface area contributed by atoms with E-state index < -0.39 is 36.8 Å². The molecule has 0 aromatic rings. The third-order valence-corrected chi connectivity index (χ3v) is 2.82. The molecule has 2 heterocycles. The molecule has 8 heteroatoms. The summed E-state index contributed by atoms with van der Waals surface area (Å²) in [4.78, 5) is 0. The monoisotopic (exact) mass is 268 g/mol. The number of ether oxygens (including phenoxy) is 2. The molecule has 0 aliphatic carbocycles. The molecule has 6 unspecified atom stereocenters.